The number of nitrogens with zero attached hydrogens (tertiary/aromatic N) is 2. The fraction of sp³-hybridized carbons (Fsp3) is 0.500. The lowest BCUT2D eigenvalue weighted by Gasteiger charge is -2.43. The lowest BCUT2D eigenvalue weighted by molar-refractivity contribution is -0.122. The Labute approximate surface area is 177 Å². The number of aromatic nitrogens is 1. The predicted octanol–water partition coefficient (Wildman–Crippen LogP) is 2.72. The number of ether oxygens (including phenoxy) is 1. The highest BCUT2D eigenvalue weighted by Gasteiger charge is 2.34. The van der Waals surface area contributed by atoms with Crippen molar-refractivity contribution in [2.75, 3.05) is 33.3 Å². The molecular formula is C24H31N3O3. The van der Waals surface area contributed by atoms with E-state index in [9.17, 15) is 9.59 Å². The highest BCUT2D eigenvalue weighted by atomic mass is 16.5. The lowest BCUT2D eigenvalue weighted by atomic mass is 9.82. The molecule has 0 radical (unpaired) electrons. The molecule has 0 aliphatic carbocycles. The number of benzene rings is 1. The fourth-order valence-electron chi connectivity index (χ4n) is 4.86. The summed E-state index contributed by atoms with van der Waals surface area (Å²) in [5, 5.41) is 2.53. The van der Waals surface area contributed by atoms with Gasteiger partial charge >= 0.3 is 0 Å². The van der Waals surface area contributed by atoms with Crippen LogP contribution in [0.2, 0.25) is 0 Å². The van der Waals surface area contributed by atoms with E-state index in [1.165, 1.54) is 12.1 Å². The maximum atomic E-state index is 12.9. The molecule has 2 aliphatic rings. The Morgan fingerprint density at radius 1 is 1.13 bits per heavy atom. The van der Waals surface area contributed by atoms with Crippen molar-refractivity contribution in [1.82, 2.24) is 14.8 Å². The second-order valence-corrected chi connectivity index (χ2v) is 9.01. The average Bonchev–Trinajstić information content (AvgIpc) is 2.72. The quantitative estimate of drug-likeness (QED) is 0.797. The van der Waals surface area contributed by atoms with E-state index in [0.717, 1.165) is 37.3 Å². The first-order chi connectivity index (χ1) is 14.4. The summed E-state index contributed by atoms with van der Waals surface area (Å²) in [6, 6.07) is 11.5. The zero-order valence-electron chi connectivity index (χ0n) is 18.1. The zero-order chi connectivity index (χ0) is 21.3. The third-order valence-electron chi connectivity index (χ3n) is 6.09. The van der Waals surface area contributed by atoms with Gasteiger partial charge in [0, 0.05) is 50.9 Å². The second kappa shape index (κ2) is 8.64. The third-order valence-corrected chi connectivity index (χ3v) is 6.09. The number of pyridine rings is 1. The van der Waals surface area contributed by atoms with Crippen LogP contribution >= 0.6 is 0 Å². The average molecular weight is 410 g/mol. The van der Waals surface area contributed by atoms with Gasteiger partial charge in [-0.25, -0.2) is 0 Å². The highest BCUT2D eigenvalue weighted by molar-refractivity contribution is 5.77. The van der Waals surface area contributed by atoms with Crippen molar-refractivity contribution in [3.05, 3.63) is 52.4 Å². The maximum Gasteiger partial charge on any atom is 0.257 e. The second-order valence-electron chi connectivity index (χ2n) is 9.01. The predicted molar refractivity (Wildman–Crippen MR) is 118 cm³/mol. The van der Waals surface area contributed by atoms with Gasteiger partial charge in [-0.1, -0.05) is 26.0 Å². The van der Waals surface area contributed by atoms with Crippen molar-refractivity contribution >= 4 is 5.91 Å². The Hall–Kier alpha value is -2.60. The minimum Gasteiger partial charge on any atom is -0.484 e. The fourth-order valence-corrected chi connectivity index (χ4v) is 4.86. The molecule has 3 heterocycles. The number of likely N-dealkylation sites (tertiary alicyclic amines) is 1. The summed E-state index contributed by atoms with van der Waals surface area (Å²) >= 11 is 0. The summed E-state index contributed by atoms with van der Waals surface area (Å²) in [6.45, 7) is 8.60. The summed E-state index contributed by atoms with van der Waals surface area (Å²) < 4.78 is 7.47. The van der Waals surface area contributed by atoms with Gasteiger partial charge < -0.3 is 19.5 Å². The van der Waals surface area contributed by atoms with Gasteiger partial charge in [-0.05, 0) is 47.6 Å². The first-order valence-electron chi connectivity index (χ1n) is 10.8. The number of hydrogen-bond acceptors (Lipinski definition) is 4. The zero-order valence-corrected chi connectivity index (χ0v) is 18.1. The van der Waals surface area contributed by atoms with Crippen LogP contribution < -0.4 is 15.6 Å². The Morgan fingerprint density at radius 3 is 2.60 bits per heavy atom. The van der Waals surface area contributed by atoms with Crippen LogP contribution in [0.4, 0.5) is 0 Å². The molecule has 1 fully saturated rings. The molecule has 1 N–H and O–H groups in total. The van der Waals surface area contributed by atoms with E-state index < -0.39 is 0 Å². The molecule has 6 heteroatoms. The van der Waals surface area contributed by atoms with Gasteiger partial charge in [0.05, 0.1) is 0 Å². The van der Waals surface area contributed by atoms with Crippen molar-refractivity contribution in [1.29, 1.82) is 0 Å². The standard InChI is InChI=1S/C24H31N3O3/c1-16(2)11-26-12-17-8-20(14-26)22-9-19(10-24(29)27(22)13-17)18-4-6-21(7-5-18)30-15-23(28)25-3/h4-7,9-10,16-17,20H,8,11-15H2,1-3H3,(H,25,28)/t17-,20+/m0/s1. The van der Waals surface area contributed by atoms with Crippen molar-refractivity contribution in [2.24, 2.45) is 11.8 Å². The number of nitrogens with one attached hydrogen (secondary N) is 1. The smallest absolute Gasteiger partial charge is 0.257 e. The molecule has 2 atom stereocenters. The maximum absolute atomic E-state index is 12.9. The topological polar surface area (TPSA) is 63.6 Å². The lowest BCUT2D eigenvalue weighted by Crippen LogP contribution is -2.48. The SMILES string of the molecule is CNC(=O)COc1ccc(-c2cc3n(c(=O)c2)C[C@H]2C[C@@H]3CN(CC(C)C)C2)cc1. The Morgan fingerprint density at radius 2 is 1.90 bits per heavy atom. The van der Waals surface area contributed by atoms with Gasteiger partial charge in [-0.15, -0.1) is 0 Å². The molecule has 30 heavy (non-hydrogen) atoms. The van der Waals surface area contributed by atoms with Gasteiger partial charge in [0.1, 0.15) is 5.75 Å². The Bertz CT molecular complexity index is 965. The van der Waals surface area contributed by atoms with Crippen LogP contribution in [0.25, 0.3) is 11.1 Å². The van der Waals surface area contributed by atoms with E-state index >= 15 is 0 Å². The molecule has 1 amide bonds. The van der Waals surface area contributed by atoms with Gasteiger partial charge in [-0.3, -0.25) is 9.59 Å². The normalized spacial score (nSPS) is 20.7. The highest BCUT2D eigenvalue weighted by Crippen LogP contribution is 2.36. The van der Waals surface area contributed by atoms with E-state index in [0.29, 0.717) is 23.5 Å². The van der Waals surface area contributed by atoms with Crippen LogP contribution in [-0.2, 0) is 11.3 Å². The molecule has 2 bridgehead atoms. The van der Waals surface area contributed by atoms with Crippen molar-refractivity contribution < 1.29 is 9.53 Å². The minimum absolute atomic E-state index is 0.00817. The first-order valence-corrected chi connectivity index (χ1v) is 10.8. The molecule has 2 aliphatic heterocycles. The number of fused-ring (bicyclic) bond motifs is 4. The number of carbonyl (C=O) groups excluding carboxylic acids is 1. The van der Waals surface area contributed by atoms with Crippen LogP contribution in [0.3, 0.4) is 0 Å². The van der Waals surface area contributed by atoms with Crippen molar-refractivity contribution in [2.45, 2.75) is 32.7 Å². The Kier molecular flexibility index (Phi) is 5.95. The number of likely N-dealkylation sites (N-methyl/N-ethyl adjacent to an activating group) is 1. The van der Waals surface area contributed by atoms with Gasteiger partial charge in [0.15, 0.2) is 6.61 Å². The van der Waals surface area contributed by atoms with E-state index in [2.05, 4.69) is 30.1 Å². The number of amides is 1. The third kappa shape index (κ3) is 4.43. The number of rotatable bonds is 6. The number of piperidine rings is 1. The van der Waals surface area contributed by atoms with Crippen LogP contribution in [-0.4, -0.2) is 48.7 Å². The van der Waals surface area contributed by atoms with E-state index in [1.54, 1.807) is 13.1 Å². The molecular weight excluding hydrogens is 378 g/mol. The summed E-state index contributed by atoms with van der Waals surface area (Å²) in [6.07, 6.45) is 1.17. The molecule has 0 saturated carbocycles. The molecule has 0 spiro atoms. The number of hydrogen-bond donors (Lipinski definition) is 1. The van der Waals surface area contributed by atoms with Crippen molar-refractivity contribution in [3.8, 4) is 16.9 Å². The molecule has 160 valence electrons. The molecule has 1 saturated heterocycles. The Balaban J connectivity index is 1.56. The van der Waals surface area contributed by atoms with Gasteiger partial charge in [-0.2, -0.15) is 0 Å². The van der Waals surface area contributed by atoms with Gasteiger partial charge in [0.25, 0.3) is 11.5 Å². The summed E-state index contributed by atoms with van der Waals surface area (Å²) in [4.78, 5) is 26.8. The monoisotopic (exact) mass is 409 g/mol. The van der Waals surface area contributed by atoms with Crippen LogP contribution in [0.1, 0.15) is 31.9 Å². The van der Waals surface area contributed by atoms with Crippen LogP contribution in [0.15, 0.2) is 41.2 Å². The molecule has 4 rings (SSSR count). The largest absolute Gasteiger partial charge is 0.484 e. The first kappa shape index (κ1) is 20.7. The van der Waals surface area contributed by atoms with Crippen molar-refractivity contribution in [3.63, 3.8) is 0 Å². The minimum atomic E-state index is -0.168. The molecule has 6 nitrogen and oxygen atoms in total. The summed E-state index contributed by atoms with van der Waals surface area (Å²) in [5.41, 5.74) is 3.19. The van der Waals surface area contributed by atoms with E-state index in [4.69, 9.17) is 4.74 Å². The molecule has 1 aromatic heterocycles. The van der Waals surface area contributed by atoms with Crippen LogP contribution in [0.5, 0.6) is 5.75 Å². The van der Waals surface area contributed by atoms with E-state index in [1.807, 2.05) is 28.8 Å². The van der Waals surface area contributed by atoms with Crippen LogP contribution in [0, 0.1) is 11.8 Å². The van der Waals surface area contributed by atoms with E-state index in [-0.39, 0.29) is 18.1 Å². The molecule has 1 aromatic carbocycles. The summed E-state index contributed by atoms with van der Waals surface area (Å²) in [7, 11) is 1.58. The molecule has 0 unspecified atom stereocenters. The molecule has 2 aromatic rings. The summed E-state index contributed by atoms with van der Waals surface area (Å²) in [5.74, 6) is 2.10. The number of carbonyl (C=O) groups is 1. The van der Waals surface area contributed by atoms with Gasteiger partial charge in [0.2, 0.25) is 0 Å².